The van der Waals surface area contributed by atoms with Gasteiger partial charge in [0.1, 0.15) is 11.3 Å². The fraction of sp³-hybridized carbons (Fsp3) is 0.556. The van der Waals surface area contributed by atoms with Gasteiger partial charge in [0.15, 0.2) is 0 Å². The number of nitrogens with zero attached hydrogens (tertiary/aromatic N) is 4. The first kappa shape index (κ1) is 17.4. The predicted molar refractivity (Wildman–Crippen MR) is 101 cm³/mol. The number of ether oxygens (including phenoxy) is 1. The Hall–Kier alpha value is -2.06. The molecule has 0 unspecified atom stereocenters. The van der Waals surface area contributed by atoms with Crippen molar-refractivity contribution in [1.82, 2.24) is 15.2 Å². The van der Waals surface area contributed by atoms with E-state index in [1.165, 1.54) is 37.0 Å². The number of anilines is 2. The summed E-state index contributed by atoms with van der Waals surface area (Å²) < 4.78 is 6.23. The van der Waals surface area contributed by atoms with Crippen LogP contribution in [0.4, 0.5) is 10.9 Å². The molecular weight excluding hydrogens is 350 g/mol. The summed E-state index contributed by atoms with van der Waals surface area (Å²) in [6, 6.07) is 3.72. The number of rotatable bonds is 5. The molecule has 2 aromatic heterocycles. The van der Waals surface area contributed by atoms with Gasteiger partial charge in [0.2, 0.25) is 5.13 Å². The van der Waals surface area contributed by atoms with Crippen LogP contribution in [-0.2, 0) is 4.74 Å². The van der Waals surface area contributed by atoms with E-state index in [9.17, 15) is 4.79 Å². The van der Waals surface area contributed by atoms with E-state index < -0.39 is 0 Å². The van der Waals surface area contributed by atoms with Gasteiger partial charge >= 0.3 is 0 Å². The quantitative estimate of drug-likeness (QED) is 0.867. The lowest BCUT2D eigenvalue weighted by molar-refractivity contribution is -0.0195. The van der Waals surface area contributed by atoms with Gasteiger partial charge in [0, 0.05) is 19.3 Å². The molecule has 0 bridgehead atoms. The molecule has 1 aliphatic carbocycles. The maximum atomic E-state index is 12.2. The standard InChI is InChI=1S/C18H23N5O2S/c24-17(21-18-22-20-12-26-18)13-5-6-16(19-11-13)23-9-7-15(8-10-23)25-14-3-1-2-4-14/h5-6,11-12,14-15H,1-4,7-10H2,(H,21,22,24). The third kappa shape index (κ3) is 4.19. The molecule has 0 radical (unpaired) electrons. The van der Waals surface area contributed by atoms with Crippen LogP contribution in [0.2, 0.25) is 0 Å². The lowest BCUT2D eigenvalue weighted by atomic mass is 10.1. The van der Waals surface area contributed by atoms with Gasteiger partial charge in [-0.05, 0) is 37.8 Å². The van der Waals surface area contributed by atoms with Crippen LogP contribution in [0.25, 0.3) is 0 Å². The van der Waals surface area contributed by atoms with Crippen LogP contribution in [0.3, 0.4) is 0 Å². The van der Waals surface area contributed by atoms with Crippen LogP contribution in [0.15, 0.2) is 23.8 Å². The summed E-state index contributed by atoms with van der Waals surface area (Å²) in [6.07, 6.45) is 9.63. The normalized spacial score (nSPS) is 19.0. The molecule has 0 spiro atoms. The third-order valence-electron chi connectivity index (χ3n) is 5.04. The number of hydrogen-bond donors (Lipinski definition) is 1. The number of aromatic nitrogens is 3. The molecule has 1 amide bonds. The van der Waals surface area contributed by atoms with E-state index in [0.717, 1.165) is 31.7 Å². The van der Waals surface area contributed by atoms with Gasteiger partial charge in [-0.2, -0.15) is 0 Å². The number of piperidine rings is 1. The molecule has 8 heteroatoms. The summed E-state index contributed by atoms with van der Waals surface area (Å²) in [5, 5.41) is 10.7. The van der Waals surface area contributed by atoms with Crippen molar-refractivity contribution in [3.05, 3.63) is 29.4 Å². The molecular formula is C18H23N5O2S. The fourth-order valence-corrected chi connectivity index (χ4v) is 4.06. The van der Waals surface area contributed by atoms with Gasteiger partial charge in [0.25, 0.3) is 5.91 Å². The fourth-order valence-electron chi connectivity index (χ4n) is 3.62. The molecule has 1 N–H and O–H groups in total. The minimum atomic E-state index is -0.218. The van der Waals surface area contributed by atoms with Crippen LogP contribution in [-0.4, -0.2) is 46.4 Å². The number of carbonyl (C=O) groups excluding carboxylic acids is 1. The van der Waals surface area contributed by atoms with Gasteiger partial charge < -0.3 is 9.64 Å². The predicted octanol–water partition coefficient (Wildman–Crippen LogP) is 3.11. The van der Waals surface area contributed by atoms with E-state index in [1.54, 1.807) is 17.8 Å². The zero-order valence-corrected chi connectivity index (χ0v) is 15.5. The number of nitrogens with one attached hydrogen (secondary N) is 1. The second-order valence-electron chi connectivity index (χ2n) is 6.83. The monoisotopic (exact) mass is 373 g/mol. The second-order valence-corrected chi connectivity index (χ2v) is 7.67. The molecule has 1 saturated carbocycles. The van der Waals surface area contributed by atoms with Gasteiger partial charge in [-0.15, -0.1) is 10.2 Å². The zero-order chi connectivity index (χ0) is 17.8. The highest BCUT2D eigenvalue weighted by atomic mass is 32.1. The second kappa shape index (κ2) is 8.09. The van der Waals surface area contributed by atoms with Crippen molar-refractivity contribution in [2.24, 2.45) is 0 Å². The van der Waals surface area contributed by atoms with Crippen molar-refractivity contribution >= 4 is 28.2 Å². The number of pyridine rings is 1. The van der Waals surface area contributed by atoms with Crippen molar-refractivity contribution in [2.75, 3.05) is 23.3 Å². The first-order valence-electron chi connectivity index (χ1n) is 9.22. The Labute approximate surface area is 156 Å². The highest BCUT2D eigenvalue weighted by Gasteiger charge is 2.25. The Kier molecular flexibility index (Phi) is 5.40. The number of carbonyl (C=O) groups is 1. The summed E-state index contributed by atoms with van der Waals surface area (Å²) in [5.41, 5.74) is 2.10. The van der Waals surface area contributed by atoms with Crippen molar-refractivity contribution in [2.45, 2.75) is 50.7 Å². The molecule has 1 aliphatic heterocycles. The van der Waals surface area contributed by atoms with E-state index in [2.05, 4.69) is 25.4 Å². The molecule has 0 atom stereocenters. The maximum absolute atomic E-state index is 12.2. The Morgan fingerprint density at radius 1 is 1.15 bits per heavy atom. The lowest BCUT2D eigenvalue weighted by Crippen LogP contribution is -2.38. The van der Waals surface area contributed by atoms with Gasteiger partial charge in [-0.3, -0.25) is 10.1 Å². The van der Waals surface area contributed by atoms with Crippen LogP contribution in [0.1, 0.15) is 48.9 Å². The molecule has 2 aromatic rings. The van der Waals surface area contributed by atoms with Gasteiger partial charge in [-0.25, -0.2) is 4.98 Å². The average Bonchev–Trinajstić information content (AvgIpc) is 3.37. The molecule has 3 heterocycles. The minimum Gasteiger partial charge on any atom is -0.375 e. The van der Waals surface area contributed by atoms with Crippen LogP contribution in [0.5, 0.6) is 0 Å². The Bertz CT molecular complexity index is 708. The first-order valence-corrected chi connectivity index (χ1v) is 10.1. The Balaban J connectivity index is 1.29. The van der Waals surface area contributed by atoms with Gasteiger partial charge in [-0.1, -0.05) is 24.2 Å². The molecule has 26 heavy (non-hydrogen) atoms. The summed E-state index contributed by atoms with van der Waals surface area (Å²) in [6.45, 7) is 1.89. The van der Waals surface area contributed by atoms with Gasteiger partial charge in [0.05, 0.1) is 17.8 Å². The summed E-state index contributed by atoms with van der Waals surface area (Å²) >= 11 is 1.29. The molecule has 1 saturated heterocycles. The Morgan fingerprint density at radius 2 is 1.92 bits per heavy atom. The van der Waals surface area contributed by atoms with E-state index in [4.69, 9.17) is 4.74 Å². The summed E-state index contributed by atoms with van der Waals surface area (Å²) in [5.74, 6) is 0.696. The van der Waals surface area contributed by atoms with Crippen molar-refractivity contribution in [3.8, 4) is 0 Å². The Morgan fingerprint density at radius 3 is 2.58 bits per heavy atom. The lowest BCUT2D eigenvalue weighted by Gasteiger charge is -2.34. The zero-order valence-electron chi connectivity index (χ0n) is 14.6. The van der Waals surface area contributed by atoms with Crippen molar-refractivity contribution in [3.63, 3.8) is 0 Å². The first-order chi connectivity index (χ1) is 12.8. The molecule has 7 nitrogen and oxygen atoms in total. The SMILES string of the molecule is O=C(Nc1nncs1)c1ccc(N2CCC(OC3CCCC3)CC2)nc1. The maximum Gasteiger partial charge on any atom is 0.259 e. The molecule has 0 aromatic carbocycles. The number of hydrogen-bond acceptors (Lipinski definition) is 7. The minimum absolute atomic E-state index is 0.218. The molecule has 4 rings (SSSR count). The smallest absolute Gasteiger partial charge is 0.259 e. The topological polar surface area (TPSA) is 80.2 Å². The van der Waals surface area contributed by atoms with E-state index >= 15 is 0 Å². The van der Waals surface area contributed by atoms with Crippen molar-refractivity contribution < 1.29 is 9.53 Å². The highest BCUT2D eigenvalue weighted by molar-refractivity contribution is 7.13. The molecule has 2 aliphatic rings. The molecule has 138 valence electrons. The number of amides is 1. The van der Waals surface area contributed by atoms with Crippen molar-refractivity contribution in [1.29, 1.82) is 0 Å². The van der Waals surface area contributed by atoms with E-state index in [-0.39, 0.29) is 5.91 Å². The third-order valence-corrected chi connectivity index (χ3v) is 5.65. The van der Waals surface area contributed by atoms with E-state index in [0.29, 0.717) is 22.9 Å². The average molecular weight is 373 g/mol. The van der Waals surface area contributed by atoms with Crippen LogP contribution >= 0.6 is 11.3 Å². The van der Waals surface area contributed by atoms with E-state index in [1.807, 2.05) is 6.07 Å². The summed E-state index contributed by atoms with van der Waals surface area (Å²) in [7, 11) is 0. The summed E-state index contributed by atoms with van der Waals surface area (Å²) in [4.78, 5) is 18.9. The van der Waals surface area contributed by atoms with Crippen LogP contribution < -0.4 is 10.2 Å². The van der Waals surface area contributed by atoms with Crippen LogP contribution in [0, 0.1) is 0 Å². The molecule has 2 fully saturated rings. The largest absolute Gasteiger partial charge is 0.375 e. The highest BCUT2D eigenvalue weighted by Crippen LogP contribution is 2.26.